The molecule has 0 bridgehead atoms. The Morgan fingerprint density at radius 2 is 2.00 bits per heavy atom. The number of hydrogen-bond donors (Lipinski definition) is 2. The summed E-state index contributed by atoms with van der Waals surface area (Å²) in [5, 5.41) is 0. The molecule has 0 spiro atoms. The summed E-state index contributed by atoms with van der Waals surface area (Å²) in [5.74, 6) is 0.942. The van der Waals surface area contributed by atoms with Crippen LogP contribution in [0, 0.1) is 5.92 Å². The first-order valence-electron chi connectivity index (χ1n) is 8.39. The maximum atomic E-state index is 4.47. The molecule has 0 aromatic carbocycles. The Morgan fingerprint density at radius 3 is 2.70 bits per heavy atom. The molecule has 110 valence electrons. The molecule has 3 heteroatoms. The van der Waals surface area contributed by atoms with E-state index in [2.05, 4.69) is 24.0 Å². The summed E-state index contributed by atoms with van der Waals surface area (Å²) in [4.78, 5) is 8.10. The predicted octanol–water partition coefficient (Wildman–Crippen LogP) is -0.0563. The molecule has 2 aliphatic heterocycles. The molecule has 0 aliphatic carbocycles. The van der Waals surface area contributed by atoms with E-state index < -0.39 is 0 Å². The SMILES string of the molecule is CC1CCC[NH+](C2CC[NH+](Cc3ccccn3)CC2)C1. The highest BCUT2D eigenvalue weighted by Crippen LogP contribution is 2.07. The van der Waals surface area contributed by atoms with Crippen LogP contribution in [0.25, 0.3) is 0 Å². The fourth-order valence-corrected chi connectivity index (χ4v) is 4.07. The number of piperidine rings is 2. The molecular formula is C17H29N3+2. The van der Waals surface area contributed by atoms with Gasteiger partial charge >= 0.3 is 0 Å². The summed E-state index contributed by atoms with van der Waals surface area (Å²) in [6.45, 7) is 9.04. The van der Waals surface area contributed by atoms with Gasteiger partial charge in [-0.1, -0.05) is 13.0 Å². The van der Waals surface area contributed by atoms with E-state index >= 15 is 0 Å². The molecule has 0 amide bonds. The Hall–Kier alpha value is -0.930. The second kappa shape index (κ2) is 6.68. The molecule has 3 rings (SSSR count). The average Bonchev–Trinajstić information content (AvgIpc) is 2.49. The second-order valence-electron chi connectivity index (χ2n) is 6.88. The van der Waals surface area contributed by atoms with Gasteiger partial charge in [0.05, 0.1) is 37.9 Å². The highest BCUT2D eigenvalue weighted by atomic mass is 15.2. The Kier molecular flexibility index (Phi) is 4.69. The molecule has 2 atom stereocenters. The van der Waals surface area contributed by atoms with Gasteiger partial charge in [-0.05, 0) is 25.0 Å². The minimum atomic E-state index is 0.935. The van der Waals surface area contributed by atoms with Gasteiger partial charge in [0.1, 0.15) is 6.54 Å². The van der Waals surface area contributed by atoms with E-state index in [1.165, 1.54) is 57.6 Å². The molecule has 1 aromatic heterocycles. The van der Waals surface area contributed by atoms with Gasteiger partial charge in [-0.3, -0.25) is 4.98 Å². The fraction of sp³-hybridized carbons (Fsp3) is 0.706. The molecular weight excluding hydrogens is 246 g/mol. The molecule has 2 N–H and O–H groups in total. The lowest BCUT2D eigenvalue weighted by Crippen LogP contribution is -3.21. The Balaban J connectivity index is 1.47. The lowest BCUT2D eigenvalue weighted by atomic mass is 9.95. The van der Waals surface area contributed by atoms with Crippen LogP contribution in [0.3, 0.4) is 0 Å². The van der Waals surface area contributed by atoms with Crippen molar-refractivity contribution in [3.63, 3.8) is 0 Å². The second-order valence-corrected chi connectivity index (χ2v) is 6.88. The first kappa shape index (κ1) is 14.0. The topological polar surface area (TPSA) is 21.8 Å². The van der Waals surface area contributed by atoms with Gasteiger partial charge in [0.2, 0.25) is 0 Å². The van der Waals surface area contributed by atoms with E-state index in [4.69, 9.17) is 0 Å². The third-order valence-corrected chi connectivity index (χ3v) is 5.23. The molecule has 2 fully saturated rings. The van der Waals surface area contributed by atoms with Crippen molar-refractivity contribution in [2.24, 2.45) is 5.92 Å². The first-order valence-corrected chi connectivity index (χ1v) is 8.39. The monoisotopic (exact) mass is 275 g/mol. The van der Waals surface area contributed by atoms with Crippen molar-refractivity contribution in [3.05, 3.63) is 30.1 Å². The normalized spacial score (nSPS) is 34.9. The van der Waals surface area contributed by atoms with Crippen molar-refractivity contribution in [1.82, 2.24) is 4.98 Å². The molecule has 2 aliphatic rings. The third kappa shape index (κ3) is 3.58. The molecule has 3 nitrogen and oxygen atoms in total. The van der Waals surface area contributed by atoms with Crippen LogP contribution >= 0.6 is 0 Å². The number of quaternary nitrogens is 2. The minimum Gasteiger partial charge on any atom is -0.332 e. The summed E-state index contributed by atoms with van der Waals surface area (Å²) in [6, 6.07) is 7.21. The Labute approximate surface area is 123 Å². The molecule has 20 heavy (non-hydrogen) atoms. The minimum absolute atomic E-state index is 0.935. The zero-order chi connectivity index (χ0) is 13.8. The maximum Gasteiger partial charge on any atom is 0.120 e. The van der Waals surface area contributed by atoms with Gasteiger partial charge in [0.25, 0.3) is 0 Å². The Morgan fingerprint density at radius 1 is 1.15 bits per heavy atom. The van der Waals surface area contributed by atoms with Crippen molar-refractivity contribution >= 4 is 0 Å². The van der Waals surface area contributed by atoms with E-state index in [1.807, 2.05) is 17.2 Å². The predicted molar refractivity (Wildman–Crippen MR) is 80.8 cm³/mol. The van der Waals surface area contributed by atoms with Gasteiger partial charge in [0.15, 0.2) is 0 Å². The number of nitrogens with zero attached hydrogens (tertiary/aromatic N) is 1. The van der Waals surface area contributed by atoms with Crippen molar-refractivity contribution in [2.75, 3.05) is 26.2 Å². The molecule has 1 aromatic rings. The van der Waals surface area contributed by atoms with Crippen LogP contribution in [0.15, 0.2) is 24.4 Å². The van der Waals surface area contributed by atoms with Crippen molar-refractivity contribution in [3.8, 4) is 0 Å². The van der Waals surface area contributed by atoms with Crippen molar-refractivity contribution < 1.29 is 9.80 Å². The highest BCUT2D eigenvalue weighted by molar-refractivity contribution is 5.01. The van der Waals surface area contributed by atoms with E-state index in [0.29, 0.717) is 0 Å². The van der Waals surface area contributed by atoms with E-state index in [1.54, 1.807) is 4.90 Å². The number of aromatic nitrogens is 1. The zero-order valence-corrected chi connectivity index (χ0v) is 12.8. The van der Waals surface area contributed by atoms with Gasteiger partial charge in [0, 0.05) is 25.0 Å². The van der Waals surface area contributed by atoms with Crippen molar-refractivity contribution in [1.29, 1.82) is 0 Å². The molecule has 3 heterocycles. The zero-order valence-electron chi connectivity index (χ0n) is 12.8. The van der Waals surface area contributed by atoms with Crippen LogP contribution in [0.1, 0.15) is 38.3 Å². The third-order valence-electron chi connectivity index (χ3n) is 5.23. The summed E-state index contributed by atoms with van der Waals surface area (Å²) < 4.78 is 0. The van der Waals surface area contributed by atoms with E-state index in [9.17, 15) is 0 Å². The van der Waals surface area contributed by atoms with Crippen LogP contribution in [0.4, 0.5) is 0 Å². The highest BCUT2D eigenvalue weighted by Gasteiger charge is 2.32. The molecule has 0 saturated carbocycles. The summed E-state index contributed by atoms with van der Waals surface area (Å²) in [7, 11) is 0. The van der Waals surface area contributed by atoms with Gasteiger partial charge in [-0.25, -0.2) is 0 Å². The van der Waals surface area contributed by atoms with Crippen LogP contribution in [0.5, 0.6) is 0 Å². The largest absolute Gasteiger partial charge is 0.332 e. The molecule has 0 radical (unpaired) electrons. The maximum absolute atomic E-state index is 4.47. The summed E-state index contributed by atoms with van der Waals surface area (Å²) in [6.07, 6.45) is 7.63. The standard InChI is InChI=1S/C17H27N3/c1-15-5-4-10-20(13-15)17-7-11-19(12-8-17)14-16-6-2-3-9-18-16/h2-3,6,9,15,17H,4-5,7-8,10-14H2,1H3/p+2. The van der Waals surface area contributed by atoms with Crippen LogP contribution in [0.2, 0.25) is 0 Å². The number of rotatable bonds is 3. The Bertz CT molecular complexity index is 398. The van der Waals surface area contributed by atoms with Crippen molar-refractivity contribution in [2.45, 2.75) is 45.2 Å². The lowest BCUT2D eigenvalue weighted by Gasteiger charge is -2.37. The van der Waals surface area contributed by atoms with E-state index in [0.717, 1.165) is 18.5 Å². The number of hydrogen-bond acceptors (Lipinski definition) is 1. The smallest absolute Gasteiger partial charge is 0.120 e. The van der Waals surface area contributed by atoms with E-state index in [-0.39, 0.29) is 0 Å². The van der Waals surface area contributed by atoms with Gasteiger partial charge in [-0.15, -0.1) is 0 Å². The van der Waals surface area contributed by atoms with Gasteiger partial charge in [-0.2, -0.15) is 0 Å². The molecule has 2 unspecified atom stereocenters. The quantitative estimate of drug-likeness (QED) is 0.793. The fourth-order valence-electron chi connectivity index (χ4n) is 4.07. The number of nitrogens with one attached hydrogen (secondary N) is 2. The summed E-state index contributed by atoms with van der Waals surface area (Å²) >= 11 is 0. The average molecular weight is 275 g/mol. The summed E-state index contributed by atoms with van der Waals surface area (Å²) in [5.41, 5.74) is 1.25. The lowest BCUT2D eigenvalue weighted by molar-refractivity contribution is -0.967. The molecule has 2 saturated heterocycles. The van der Waals surface area contributed by atoms with Gasteiger partial charge < -0.3 is 9.80 Å². The first-order chi connectivity index (χ1) is 9.81. The number of pyridine rings is 1. The van der Waals surface area contributed by atoms with Crippen LogP contribution in [-0.2, 0) is 6.54 Å². The van der Waals surface area contributed by atoms with Crippen LogP contribution in [-0.4, -0.2) is 37.2 Å². The van der Waals surface area contributed by atoms with Crippen LogP contribution < -0.4 is 9.80 Å². The number of likely N-dealkylation sites (tertiary alicyclic amines) is 2.